The normalized spacial score (nSPS) is 17.3. The zero-order valence-electron chi connectivity index (χ0n) is 9.85. The van der Waals surface area contributed by atoms with Crippen LogP contribution < -0.4 is 0 Å². The molecule has 0 N–H and O–H groups in total. The molecule has 0 aliphatic carbocycles. The molecule has 2 rings (SSSR count). The van der Waals surface area contributed by atoms with Crippen molar-refractivity contribution >= 4 is 39.1 Å². The lowest BCUT2D eigenvalue weighted by atomic mass is 10.2. The van der Waals surface area contributed by atoms with E-state index in [2.05, 4.69) is 11.9 Å². The molecule has 0 saturated carbocycles. The number of carbonyl (C=O) groups is 1. The number of thioether (sulfide) groups is 2. The molecule has 18 heavy (non-hydrogen) atoms. The quantitative estimate of drug-likeness (QED) is 0.786. The number of halogens is 1. The molecule has 0 bridgehead atoms. The fourth-order valence-electron chi connectivity index (χ4n) is 1.36. The molecule has 0 spiro atoms. The smallest absolute Gasteiger partial charge is 0.244 e. The summed E-state index contributed by atoms with van der Waals surface area (Å²) >= 11 is 2.76. The van der Waals surface area contributed by atoms with Crippen LogP contribution in [-0.4, -0.2) is 15.2 Å². The van der Waals surface area contributed by atoms with Crippen LogP contribution in [0.4, 0.5) is 4.39 Å². The summed E-state index contributed by atoms with van der Waals surface area (Å²) in [6, 6.07) is 6.00. The van der Waals surface area contributed by atoms with E-state index in [1.807, 2.05) is 0 Å². The van der Waals surface area contributed by atoms with E-state index < -0.39 is 0 Å². The van der Waals surface area contributed by atoms with Crippen molar-refractivity contribution in [1.29, 1.82) is 0 Å². The molecule has 94 valence electrons. The Morgan fingerprint density at radius 1 is 1.39 bits per heavy atom. The minimum Gasteiger partial charge on any atom is -0.279 e. The van der Waals surface area contributed by atoms with Gasteiger partial charge < -0.3 is 0 Å². The Balaban J connectivity index is 2.14. The summed E-state index contributed by atoms with van der Waals surface area (Å²) in [6.45, 7) is 2.09. The molecule has 0 amide bonds. The highest BCUT2D eigenvalue weighted by Crippen LogP contribution is 2.31. The first-order valence-electron chi connectivity index (χ1n) is 5.60. The molecular weight excluding hydrogens is 269 g/mol. The standard InChI is InChI=1S/C13H12FNOS2/c1-2-7-17-13-15-11(12(16)18-13)8-9-3-5-10(14)6-4-9/h3-6,8H,2,7H2,1H3/b11-8+. The van der Waals surface area contributed by atoms with Crippen molar-refractivity contribution in [2.75, 3.05) is 5.75 Å². The van der Waals surface area contributed by atoms with E-state index in [-0.39, 0.29) is 10.9 Å². The third-order valence-corrected chi connectivity index (χ3v) is 4.42. The molecule has 0 atom stereocenters. The molecule has 2 nitrogen and oxygen atoms in total. The van der Waals surface area contributed by atoms with Crippen molar-refractivity contribution in [3.05, 3.63) is 41.3 Å². The molecule has 0 unspecified atom stereocenters. The maximum Gasteiger partial charge on any atom is 0.244 e. The van der Waals surface area contributed by atoms with Crippen molar-refractivity contribution in [2.45, 2.75) is 13.3 Å². The Kier molecular flexibility index (Phi) is 4.60. The Bertz CT molecular complexity index is 508. The first-order valence-corrected chi connectivity index (χ1v) is 7.40. The van der Waals surface area contributed by atoms with Gasteiger partial charge in [0.2, 0.25) is 5.12 Å². The Hall–Kier alpha value is -1.07. The summed E-state index contributed by atoms with van der Waals surface area (Å²) in [5, 5.41) is -0.0436. The summed E-state index contributed by atoms with van der Waals surface area (Å²) in [5.41, 5.74) is 1.22. The first-order chi connectivity index (χ1) is 8.69. The van der Waals surface area contributed by atoms with E-state index in [1.54, 1.807) is 30.0 Å². The lowest BCUT2D eigenvalue weighted by Gasteiger charge is -1.93. The minimum atomic E-state index is -0.285. The topological polar surface area (TPSA) is 29.4 Å². The lowest BCUT2D eigenvalue weighted by molar-refractivity contribution is -0.107. The molecule has 0 saturated heterocycles. The van der Waals surface area contributed by atoms with Gasteiger partial charge in [-0.1, -0.05) is 30.8 Å². The fourth-order valence-corrected chi connectivity index (χ4v) is 3.12. The zero-order chi connectivity index (χ0) is 13.0. The molecule has 1 aliphatic heterocycles. The first kappa shape index (κ1) is 13.4. The molecule has 0 fully saturated rings. The van der Waals surface area contributed by atoms with E-state index in [4.69, 9.17) is 0 Å². The number of hydrogen-bond acceptors (Lipinski definition) is 4. The van der Waals surface area contributed by atoms with Crippen LogP contribution in [0.15, 0.2) is 35.0 Å². The Labute approximate surface area is 114 Å². The van der Waals surface area contributed by atoms with Crippen LogP contribution in [0.25, 0.3) is 6.08 Å². The molecule has 1 heterocycles. The van der Waals surface area contributed by atoms with Crippen LogP contribution in [0.1, 0.15) is 18.9 Å². The van der Waals surface area contributed by atoms with E-state index in [0.29, 0.717) is 5.70 Å². The predicted octanol–water partition coefficient (Wildman–Crippen LogP) is 3.94. The monoisotopic (exact) mass is 281 g/mol. The van der Waals surface area contributed by atoms with Crippen molar-refractivity contribution in [3.63, 3.8) is 0 Å². The summed E-state index contributed by atoms with van der Waals surface area (Å²) in [6.07, 6.45) is 2.74. The van der Waals surface area contributed by atoms with Crippen LogP contribution in [0, 0.1) is 5.82 Å². The van der Waals surface area contributed by atoms with Gasteiger partial charge >= 0.3 is 0 Å². The Morgan fingerprint density at radius 2 is 2.11 bits per heavy atom. The highest BCUT2D eigenvalue weighted by atomic mass is 32.2. The maximum absolute atomic E-state index is 12.8. The predicted molar refractivity (Wildman–Crippen MR) is 77.2 cm³/mol. The van der Waals surface area contributed by atoms with E-state index in [9.17, 15) is 9.18 Å². The van der Waals surface area contributed by atoms with Crippen LogP contribution in [0.2, 0.25) is 0 Å². The third-order valence-electron chi connectivity index (χ3n) is 2.20. The van der Waals surface area contributed by atoms with Crippen molar-refractivity contribution in [3.8, 4) is 0 Å². The van der Waals surface area contributed by atoms with Gasteiger partial charge in [-0.2, -0.15) is 0 Å². The van der Waals surface area contributed by atoms with E-state index >= 15 is 0 Å². The SMILES string of the molecule is CCCSC1=N/C(=C/c2ccc(F)cc2)C(=O)S1. The molecule has 1 aromatic carbocycles. The highest BCUT2D eigenvalue weighted by Gasteiger charge is 2.21. The summed E-state index contributed by atoms with van der Waals surface area (Å²) in [4.78, 5) is 16.0. The van der Waals surface area contributed by atoms with Gasteiger partial charge in [0.1, 0.15) is 15.9 Å². The summed E-state index contributed by atoms with van der Waals surface area (Å²) < 4.78 is 13.6. The van der Waals surface area contributed by atoms with Gasteiger partial charge in [-0.3, -0.25) is 4.79 Å². The van der Waals surface area contributed by atoms with E-state index in [0.717, 1.165) is 22.1 Å². The fraction of sp³-hybridized carbons (Fsp3) is 0.231. The average molecular weight is 281 g/mol. The third kappa shape index (κ3) is 3.46. The second kappa shape index (κ2) is 6.20. The number of hydrogen-bond donors (Lipinski definition) is 0. The Morgan fingerprint density at radius 3 is 2.78 bits per heavy atom. The van der Waals surface area contributed by atoms with Crippen molar-refractivity contribution < 1.29 is 9.18 Å². The maximum atomic E-state index is 12.8. The van der Waals surface area contributed by atoms with Crippen LogP contribution in [0.5, 0.6) is 0 Å². The van der Waals surface area contributed by atoms with Crippen molar-refractivity contribution in [2.24, 2.45) is 4.99 Å². The molecule has 5 heteroatoms. The number of rotatable bonds is 3. The number of aliphatic imine (C=N–C) groups is 1. The molecule has 0 aromatic heterocycles. The largest absolute Gasteiger partial charge is 0.279 e. The van der Waals surface area contributed by atoms with Crippen LogP contribution >= 0.6 is 23.5 Å². The number of benzene rings is 1. The number of nitrogens with zero attached hydrogens (tertiary/aromatic N) is 1. The second-order valence-electron chi connectivity index (χ2n) is 3.70. The van der Waals surface area contributed by atoms with Gasteiger partial charge in [0.05, 0.1) is 0 Å². The molecular formula is C13H12FNOS2. The molecule has 1 aromatic rings. The second-order valence-corrected chi connectivity index (χ2v) is 6.00. The minimum absolute atomic E-state index is 0.0436. The van der Waals surface area contributed by atoms with E-state index in [1.165, 1.54) is 23.9 Å². The van der Waals surface area contributed by atoms with Gasteiger partial charge in [0.25, 0.3) is 0 Å². The van der Waals surface area contributed by atoms with Crippen LogP contribution in [0.3, 0.4) is 0 Å². The summed E-state index contributed by atoms with van der Waals surface area (Å²) in [5.74, 6) is 0.676. The van der Waals surface area contributed by atoms with Crippen molar-refractivity contribution in [1.82, 2.24) is 0 Å². The highest BCUT2D eigenvalue weighted by molar-refractivity contribution is 8.45. The van der Waals surface area contributed by atoms with Crippen LogP contribution in [-0.2, 0) is 4.79 Å². The van der Waals surface area contributed by atoms with Gasteiger partial charge in [0.15, 0.2) is 0 Å². The lowest BCUT2D eigenvalue weighted by Crippen LogP contribution is -1.88. The average Bonchev–Trinajstić information content (AvgIpc) is 2.70. The van der Waals surface area contributed by atoms with Gasteiger partial charge in [-0.05, 0) is 47.7 Å². The van der Waals surface area contributed by atoms with Gasteiger partial charge in [0, 0.05) is 0 Å². The van der Waals surface area contributed by atoms with Gasteiger partial charge in [-0.15, -0.1) is 0 Å². The number of carbonyl (C=O) groups excluding carboxylic acids is 1. The summed E-state index contributed by atoms with van der Waals surface area (Å²) in [7, 11) is 0. The molecule has 1 aliphatic rings. The molecule has 0 radical (unpaired) electrons. The zero-order valence-corrected chi connectivity index (χ0v) is 11.5. The van der Waals surface area contributed by atoms with Gasteiger partial charge in [-0.25, -0.2) is 9.38 Å².